The lowest BCUT2D eigenvalue weighted by atomic mass is 9.98. The van der Waals surface area contributed by atoms with E-state index in [0.717, 1.165) is 19.4 Å². The third kappa shape index (κ3) is 4.38. The molecule has 1 fully saturated rings. The molecule has 1 aliphatic heterocycles. The van der Waals surface area contributed by atoms with Crippen LogP contribution in [0.25, 0.3) is 0 Å². The number of rotatable bonds is 5. The van der Waals surface area contributed by atoms with Gasteiger partial charge in [-0.2, -0.15) is 12.7 Å². The van der Waals surface area contributed by atoms with Gasteiger partial charge in [0.1, 0.15) is 5.82 Å². The molecule has 1 aliphatic rings. The highest BCUT2D eigenvalue weighted by atomic mass is 79.9. The summed E-state index contributed by atoms with van der Waals surface area (Å²) in [6.45, 7) is 1.80. The first-order valence-electron chi connectivity index (χ1n) is 6.80. The molecule has 2 N–H and O–H groups in total. The molecule has 0 bridgehead atoms. The summed E-state index contributed by atoms with van der Waals surface area (Å²) in [6, 6.07) is 4.16. The van der Waals surface area contributed by atoms with Gasteiger partial charge in [0.2, 0.25) is 0 Å². The summed E-state index contributed by atoms with van der Waals surface area (Å²) in [7, 11) is -1.82. The van der Waals surface area contributed by atoms with Crippen molar-refractivity contribution in [2.75, 3.05) is 31.4 Å². The van der Waals surface area contributed by atoms with Crippen molar-refractivity contribution in [3.63, 3.8) is 0 Å². The maximum absolute atomic E-state index is 13.7. The lowest BCUT2D eigenvalue weighted by Crippen LogP contribution is -2.43. The quantitative estimate of drug-likeness (QED) is 0.823. The third-order valence-corrected chi connectivity index (χ3v) is 5.59. The first kappa shape index (κ1) is 16.7. The van der Waals surface area contributed by atoms with Gasteiger partial charge in [-0.05, 0) is 50.6 Å². The fraction of sp³-hybridized carbons (Fsp3) is 0.538. The Bertz CT molecular complexity index is 589. The lowest BCUT2D eigenvalue weighted by Gasteiger charge is -2.31. The number of anilines is 1. The van der Waals surface area contributed by atoms with Gasteiger partial charge in [-0.25, -0.2) is 4.39 Å². The molecule has 0 aliphatic carbocycles. The van der Waals surface area contributed by atoms with E-state index in [1.165, 1.54) is 22.5 Å². The maximum Gasteiger partial charge on any atom is 0.301 e. The van der Waals surface area contributed by atoms with Crippen LogP contribution in [0.5, 0.6) is 0 Å². The van der Waals surface area contributed by atoms with Gasteiger partial charge in [0, 0.05) is 17.6 Å². The van der Waals surface area contributed by atoms with Gasteiger partial charge in [0.25, 0.3) is 0 Å². The van der Waals surface area contributed by atoms with E-state index >= 15 is 0 Å². The zero-order valence-electron chi connectivity index (χ0n) is 11.8. The lowest BCUT2D eigenvalue weighted by molar-refractivity contribution is 0.272. The summed E-state index contributed by atoms with van der Waals surface area (Å²) in [5.41, 5.74) is -0.0401. The van der Waals surface area contributed by atoms with Crippen LogP contribution in [-0.2, 0) is 10.2 Å². The molecule has 21 heavy (non-hydrogen) atoms. The Morgan fingerprint density at radius 2 is 2.05 bits per heavy atom. The van der Waals surface area contributed by atoms with Gasteiger partial charge in [0.05, 0.1) is 5.69 Å². The smallest absolute Gasteiger partial charge is 0.301 e. The average molecular weight is 380 g/mol. The molecule has 0 atom stereocenters. The Kier molecular flexibility index (Phi) is 5.59. The predicted molar refractivity (Wildman–Crippen MR) is 84.9 cm³/mol. The van der Waals surface area contributed by atoms with Crippen molar-refractivity contribution in [1.82, 2.24) is 9.62 Å². The highest BCUT2D eigenvalue weighted by Gasteiger charge is 2.28. The van der Waals surface area contributed by atoms with Gasteiger partial charge >= 0.3 is 10.2 Å². The minimum absolute atomic E-state index is 0.0401. The minimum atomic E-state index is -3.71. The van der Waals surface area contributed by atoms with Crippen molar-refractivity contribution in [2.24, 2.45) is 5.92 Å². The van der Waals surface area contributed by atoms with Crippen LogP contribution in [0.4, 0.5) is 10.1 Å². The topological polar surface area (TPSA) is 61.4 Å². The molecule has 0 radical (unpaired) electrons. The van der Waals surface area contributed by atoms with E-state index in [9.17, 15) is 12.8 Å². The highest BCUT2D eigenvalue weighted by Crippen LogP contribution is 2.24. The number of hydrogen-bond acceptors (Lipinski definition) is 3. The monoisotopic (exact) mass is 379 g/mol. The molecule has 0 saturated carbocycles. The number of nitrogens with one attached hydrogen (secondary N) is 2. The SMILES string of the molecule is CNCC1CCN(S(=O)(=O)Nc2cc(Br)ccc2F)CC1. The zero-order chi connectivity index (χ0) is 15.5. The summed E-state index contributed by atoms with van der Waals surface area (Å²) >= 11 is 3.20. The van der Waals surface area contributed by atoms with Crippen molar-refractivity contribution in [1.29, 1.82) is 0 Å². The molecule has 0 spiro atoms. The summed E-state index contributed by atoms with van der Waals surface area (Å²) in [5.74, 6) is -0.101. The van der Waals surface area contributed by atoms with E-state index in [-0.39, 0.29) is 5.69 Å². The van der Waals surface area contributed by atoms with E-state index in [0.29, 0.717) is 23.5 Å². The molecule has 1 saturated heterocycles. The first-order chi connectivity index (χ1) is 9.92. The molecule has 0 unspecified atom stereocenters. The van der Waals surface area contributed by atoms with Crippen LogP contribution in [0.3, 0.4) is 0 Å². The standard InChI is InChI=1S/C13H19BrFN3O2S/c1-16-9-10-4-6-18(7-5-10)21(19,20)17-13-8-11(14)2-3-12(13)15/h2-3,8,10,16-17H,4-7,9H2,1H3. The molecule has 2 rings (SSSR count). The van der Waals surface area contributed by atoms with E-state index in [1.54, 1.807) is 0 Å². The van der Waals surface area contributed by atoms with Gasteiger partial charge in [-0.3, -0.25) is 4.72 Å². The highest BCUT2D eigenvalue weighted by molar-refractivity contribution is 9.10. The second-order valence-electron chi connectivity index (χ2n) is 5.13. The van der Waals surface area contributed by atoms with Crippen LogP contribution < -0.4 is 10.0 Å². The van der Waals surface area contributed by atoms with Crippen LogP contribution in [0.2, 0.25) is 0 Å². The van der Waals surface area contributed by atoms with E-state index in [2.05, 4.69) is 26.0 Å². The van der Waals surface area contributed by atoms with E-state index in [4.69, 9.17) is 0 Å². The fourth-order valence-corrected chi connectivity index (χ4v) is 4.04. The second kappa shape index (κ2) is 7.04. The zero-order valence-corrected chi connectivity index (χ0v) is 14.2. The summed E-state index contributed by atoms with van der Waals surface area (Å²) < 4.78 is 42.6. The molecule has 0 amide bonds. The van der Waals surface area contributed by atoms with E-state index < -0.39 is 16.0 Å². The van der Waals surface area contributed by atoms with Crippen LogP contribution in [-0.4, -0.2) is 39.4 Å². The van der Waals surface area contributed by atoms with Crippen LogP contribution >= 0.6 is 15.9 Å². The molecule has 0 aromatic heterocycles. The molecular formula is C13H19BrFN3O2S. The predicted octanol–water partition coefficient (Wildman–Crippen LogP) is 2.18. The Labute approximate surface area is 133 Å². The number of halogens is 2. The van der Waals surface area contributed by atoms with Crippen molar-refractivity contribution in [2.45, 2.75) is 12.8 Å². The molecule has 1 heterocycles. The van der Waals surface area contributed by atoms with Gasteiger partial charge in [-0.15, -0.1) is 0 Å². The maximum atomic E-state index is 13.7. The van der Waals surface area contributed by atoms with Crippen molar-refractivity contribution in [3.05, 3.63) is 28.5 Å². The summed E-state index contributed by atoms with van der Waals surface area (Å²) in [5, 5.41) is 3.11. The van der Waals surface area contributed by atoms with Crippen LogP contribution in [0, 0.1) is 11.7 Å². The van der Waals surface area contributed by atoms with Gasteiger partial charge < -0.3 is 5.32 Å². The van der Waals surface area contributed by atoms with Crippen molar-refractivity contribution in [3.8, 4) is 0 Å². The number of nitrogens with zero attached hydrogens (tertiary/aromatic N) is 1. The van der Waals surface area contributed by atoms with Gasteiger partial charge in [-0.1, -0.05) is 15.9 Å². The average Bonchev–Trinajstić information content (AvgIpc) is 2.44. The number of benzene rings is 1. The largest absolute Gasteiger partial charge is 0.319 e. The molecule has 1 aromatic carbocycles. The first-order valence-corrected chi connectivity index (χ1v) is 9.03. The number of piperidine rings is 1. The second-order valence-corrected chi connectivity index (χ2v) is 7.72. The minimum Gasteiger partial charge on any atom is -0.319 e. The Morgan fingerprint density at radius 1 is 1.38 bits per heavy atom. The van der Waals surface area contributed by atoms with Crippen LogP contribution in [0.1, 0.15) is 12.8 Å². The molecule has 5 nitrogen and oxygen atoms in total. The molecule has 1 aromatic rings. The van der Waals surface area contributed by atoms with E-state index in [1.807, 2.05) is 7.05 Å². The van der Waals surface area contributed by atoms with Crippen molar-refractivity contribution < 1.29 is 12.8 Å². The molecular weight excluding hydrogens is 361 g/mol. The summed E-state index contributed by atoms with van der Waals surface area (Å²) in [6.07, 6.45) is 1.62. The van der Waals surface area contributed by atoms with Crippen LogP contribution in [0.15, 0.2) is 22.7 Å². The normalized spacial score (nSPS) is 17.9. The Balaban J connectivity index is 2.04. The van der Waals surface area contributed by atoms with Gasteiger partial charge in [0.15, 0.2) is 0 Å². The Morgan fingerprint density at radius 3 is 2.67 bits per heavy atom. The fourth-order valence-electron chi connectivity index (χ4n) is 2.42. The summed E-state index contributed by atoms with van der Waals surface area (Å²) in [4.78, 5) is 0. The Hall–Kier alpha value is -0.700. The number of hydrogen-bond donors (Lipinski definition) is 2. The molecule has 118 valence electrons. The third-order valence-electron chi connectivity index (χ3n) is 3.57. The van der Waals surface area contributed by atoms with Crippen molar-refractivity contribution >= 4 is 31.8 Å². The molecule has 8 heteroatoms.